The number of aliphatic imine (C=N–C) groups is 1. The van der Waals surface area contributed by atoms with Gasteiger partial charge in [0, 0.05) is 49.4 Å². The molecule has 0 bridgehead atoms. The first-order chi connectivity index (χ1) is 32.4. The highest BCUT2D eigenvalue weighted by molar-refractivity contribution is 8.77. The highest BCUT2D eigenvalue weighted by Crippen LogP contribution is 2.48. The molecule has 0 aromatic heterocycles. The largest absolute Gasteiger partial charge is 0.370 e. The van der Waals surface area contributed by atoms with Gasteiger partial charge in [-0.15, -0.1) is 0 Å². The summed E-state index contributed by atoms with van der Waals surface area (Å²) in [5, 5.41) is 19.2. The zero-order chi connectivity index (χ0) is 49.6. The van der Waals surface area contributed by atoms with E-state index in [2.05, 4.69) is 42.2 Å². The number of benzene rings is 2. The van der Waals surface area contributed by atoms with Gasteiger partial charge in [-0.1, -0.05) is 115 Å². The number of nitrogens with two attached hydrogens (primary N) is 4. The molecule has 1 heterocycles. The molecule has 1 aliphatic carbocycles. The van der Waals surface area contributed by atoms with E-state index in [0.29, 0.717) is 37.8 Å². The lowest BCUT2D eigenvalue weighted by Crippen LogP contribution is -2.61. The summed E-state index contributed by atoms with van der Waals surface area (Å²) in [4.78, 5) is 114. The van der Waals surface area contributed by atoms with Gasteiger partial charge in [-0.25, -0.2) is 0 Å². The van der Waals surface area contributed by atoms with Gasteiger partial charge in [-0.3, -0.25) is 43.3 Å². The van der Waals surface area contributed by atoms with Gasteiger partial charge >= 0.3 is 0 Å². The maximum absolute atomic E-state index is 14.4. The van der Waals surface area contributed by atoms with Gasteiger partial charge in [0.25, 0.3) is 0 Å². The van der Waals surface area contributed by atoms with Gasteiger partial charge in [-0.05, 0) is 42.7 Å². The molecule has 1 saturated carbocycles. The molecule has 22 heteroatoms. The van der Waals surface area contributed by atoms with Crippen LogP contribution in [0.15, 0.2) is 65.7 Å². The van der Waals surface area contributed by atoms with Crippen molar-refractivity contribution < 1.29 is 38.4 Å². The third kappa shape index (κ3) is 18.7. The van der Waals surface area contributed by atoms with Gasteiger partial charge in [0.2, 0.25) is 47.3 Å². The van der Waals surface area contributed by atoms with Crippen LogP contribution in [0, 0.1) is 5.92 Å². The van der Waals surface area contributed by atoms with Crippen molar-refractivity contribution in [2.75, 3.05) is 25.4 Å². The molecule has 2 aromatic carbocycles. The van der Waals surface area contributed by atoms with Crippen molar-refractivity contribution in [3.63, 3.8) is 0 Å². The van der Waals surface area contributed by atoms with Crippen LogP contribution in [0.5, 0.6) is 0 Å². The predicted octanol–water partition coefficient (Wildman–Crippen LogP) is -0.472. The summed E-state index contributed by atoms with van der Waals surface area (Å²) in [6, 6.07) is 10.9. The fourth-order valence-electron chi connectivity index (χ4n) is 7.83. The lowest BCUT2D eigenvalue weighted by molar-refractivity contribution is -0.136. The Hall–Kier alpha value is -5.87. The lowest BCUT2D eigenvalue weighted by atomic mass is 9.85. The average molecular weight is 981 g/mol. The minimum atomic E-state index is -1.56. The van der Waals surface area contributed by atoms with Crippen LogP contribution >= 0.6 is 21.6 Å². The minimum Gasteiger partial charge on any atom is -0.370 e. The molecule has 8 amide bonds. The molecule has 1 spiro atoms. The Morgan fingerprint density at radius 1 is 0.735 bits per heavy atom. The first-order valence-electron chi connectivity index (χ1n) is 23.0. The van der Waals surface area contributed by atoms with E-state index >= 15 is 0 Å². The Kier molecular flexibility index (Phi) is 22.4. The average Bonchev–Trinajstić information content (AvgIpc) is 3.29. The van der Waals surface area contributed by atoms with Crippen molar-refractivity contribution in [1.82, 2.24) is 37.2 Å². The van der Waals surface area contributed by atoms with Crippen LogP contribution in [0.2, 0.25) is 0 Å². The second-order valence-corrected chi connectivity index (χ2v) is 20.3. The Morgan fingerprint density at radius 2 is 1.29 bits per heavy atom. The third-order valence-corrected chi connectivity index (χ3v) is 14.8. The summed E-state index contributed by atoms with van der Waals surface area (Å²) in [7, 11) is 2.70. The van der Waals surface area contributed by atoms with Crippen molar-refractivity contribution >= 4 is 74.8 Å². The van der Waals surface area contributed by atoms with Gasteiger partial charge < -0.3 is 60.2 Å². The van der Waals surface area contributed by atoms with Gasteiger partial charge in [0.15, 0.2) is 5.96 Å². The van der Waals surface area contributed by atoms with Gasteiger partial charge in [-0.2, -0.15) is 0 Å². The van der Waals surface area contributed by atoms with Crippen molar-refractivity contribution in [3.05, 3.63) is 71.8 Å². The molecule has 2 fully saturated rings. The number of hydrogen-bond donors (Lipinski definition) is 11. The number of carbonyl (C=O) groups excluding carboxylic acids is 8. The standard InChI is InChI=1S/C46H68N12O8S2/c1-28(2)38-44(66)56-34(25-36(48)59)42(64)57-35(40(62)52-22-21-51-39(61)31(47)17-12-20-53-45(49)50)27-67-68-46(18-10-5-11-19-46)26-37(60)54-32(23-29-13-6-3-7-14-29)41(63)55-33(43(65)58-38)24-30-15-8-4-9-16-30/h3-4,6-9,13-16,28,31-35,38H,5,10-12,17-27,47H2,1-2H3,(H2,48,59)(H,51,61)(H,52,62)(H,54,60)(H,55,63)(H,56,66)(H,57,64)(H,58,65)(H4,49,50,53)/t31?,32-,33-,34-,35-,38+/m1/s1. The third-order valence-electron chi connectivity index (χ3n) is 11.5. The maximum Gasteiger partial charge on any atom is 0.243 e. The quantitative estimate of drug-likeness (QED) is 0.0439. The zero-order valence-corrected chi connectivity index (χ0v) is 40.4. The Morgan fingerprint density at radius 3 is 1.88 bits per heavy atom. The van der Waals surface area contributed by atoms with E-state index in [-0.39, 0.29) is 50.0 Å². The predicted molar refractivity (Wildman–Crippen MR) is 263 cm³/mol. The second kappa shape index (κ2) is 27.8. The van der Waals surface area contributed by atoms with Crippen LogP contribution in [0.4, 0.5) is 0 Å². The molecular formula is C46H68N12O8S2. The van der Waals surface area contributed by atoms with E-state index in [4.69, 9.17) is 22.9 Å². The molecule has 4 rings (SSSR count). The van der Waals surface area contributed by atoms with Gasteiger partial charge in [0.05, 0.1) is 12.5 Å². The highest BCUT2D eigenvalue weighted by Gasteiger charge is 2.39. The van der Waals surface area contributed by atoms with Gasteiger partial charge in [0.1, 0.15) is 30.2 Å². The number of nitrogens with zero attached hydrogens (tertiary/aromatic N) is 1. The van der Waals surface area contributed by atoms with Crippen molar-refractivity contribution in [3.8, 4) is 0 Å². The first kappa shape index (κ1) is 54.7. The SMILES string of the molecule is CC(C)[C@@H]1NC(=O)[C@@H](Cc2ccccc2)NC(=O)[C@@H](Cc2ccccc2)NC(=O)CC2(CCCCC2)SSC[C@H](C(=O)NCCNC(=O)C(N)CCCN=C(N)N)NC(=O)[C@@H](CC(N)=O)NC1=O. The van der Waals surface area contributed by atoms with E-state index in [1.54, 1.807) is 38.1 Å². The molecule has 1 unspecified atom stereocenters. The Labute approximate surface area is 405 Å². The normalized spacial score (nSPS) is 22.5. The zero-order valence-electron chi connectivity index (χ0n) is 38.8. The van der Waals surface area contributed by atoms with E-state index < -0.39 is 94.7 Å². The molecular weight excluding hydrogens is 913 g/mol. The molecule has 20 nitrogen and oxygen atoms in total. The summed E-state index contributed by atoms with van der Waals surface area (Å²) < 4.78 is -0.608. The Balaban J connectivity index is 1.65. The number of carbonyl (C=O) groups is 8. The number of primary amides is 1. The smallest absolute Gasteiger partial charge is 0.243 e. The minimum absolute atomic E-state index is 0.00508. The fraction of sp³-hybridized carbons (Fsp3) is 0.543. The number of hydrogen-bond acceptors (Lipinski definition) is 12. The van der Waals surface area contributed by atoms with E-state index in [1.807, 2.05) is 36.4 Å². The molecule has 1 saturated heterocycles. The highest BCUT2D eigenvalue weighted by atomic mass is 33.1. The van der Waals surface area contributed by atoms with E-state index in [0.717, 1.165) is 24.8 Å². The molecule has 1 aliphatic heterocycles. The number of rotatable bonds is 16. The van der Waals surface area contributed by atoms with Crippen LogP contribution in [0.25, 0.3) is 0 Å². The number of nitrogens with one attached hydrogen (secondary N) is 7. The first-order valence-corrected chi connectivity index (χ1v) is 25.3. The van der Waals surface area contributed by atoms with Crippen molar-refractivity contribution in [2.45, 2.75) is 125 Å². The van der Waals surface area contributed by atoms with E-state index in [9.17, 15) is 38.4 Å². The second-order valence-electron chi connectivity index (χ2n) is 17.5. The van der Waals surface area contributed by atoms with Crippen LogP contribution in [-0.2, 0) is 51.2 Å². The maximum atomic E-state index is 14.4. The molecule has 0 radical (unpaired) electrons. The van der Waals surface area contributed by atoms with Crippen LogP contribution < -0.4 is 60.2 Å². The monoisotopic (exact) mass is 980 g/mol. The summed E-state index contributed by atoms with van der Waals surface area (Å²) in [5.41, 5.74) is 23.8. The number of guanidine groups is 1. The van der Waals surface area contributed by atoms with Crippen molar-refractivity contribution in [2.24, 2.45) is 33.8 Å². The van der Waals surface area contributed by atoms with Crippen LogP contribution in [0.1, 0.15) is 82.8 Å². The molecule has 2 aromatic rings. The Bertz CT molecular complexity index is 2060. The molecule has 372 valence electrons. The molecule has 15 N–H and O–H groups in total. The number of amides is 8. The van der Waals surface area contributed by atoms with Crippen LogP contribution in [-0.4, -0.2) is 120 Å². The summed E-state index contributed by atoms with van der Waals surface area (Å²) >= 11 is 0. The molecule has 68 heavy (non-hydrogen) atoms. The molecule has 6 atom stereocenters. The van der Waals surface area contributed by atoms with Crippen LogP contribution in [0.3, 0.4) is 0 Å². The topological polar surface area (TPSA) is 337 Å². The summed E-state index contributed by atoms with van der Waals surface area (Å²) in [6.07, 6.45) is 4.30. The molecule has 2 aliphatic rings. The van der Waals surface area contributed by atoms with E-state index in [1.165, 1.54) is 21.6 Å². The summed E-state index contributed by atoms with van der Waals surface area (Å²) in [6.45, 7) is 3.61. The summed E-state index contributed by atoms with van der Waals surface area (Å²) in [5.74, 6) is -6.05. The fourth-order valence-corrected chi connectivity index (χ4v) is 11.2. The lowest BCUT2D eigenvalue weighted by Gasteiger charge is -2.36. The van der Waals surface area contributed by atoms with Crippen molar-refractivity contribution in [1.29, 1.82) is 0 Å².